The third-order valence-corrected chi connectivity index (χ3v) is 3.92. The lowest BCUT2D eigenvalue weighted by Gasteiger charge is -2.30. The first kappa shape index (κ1) is 12.9. The highest BCUT2D eigenvalue weighted by Crippen LogP contribution is 2.33. The molecule has 0 radical (unpaired) electrons. The quantitative estimate of drug-likeness (QED) is 0.879. The number of hydrogen-bond acceptors (Lipinski definition) is 1. The molecule has 0 aliphatic carbocycles. The summed E-state index contributed by atoms with van der Waals surface area (Å²) in [6.07, 6.45) is 1.70. The van der Waals surface area contributed by atoms with Crippen LogP contribution in [0.3, 0.4) is 0 Å². The van der Waals surface area contributed by atoms with Crippen molar-refractivity contribution in [1.82, 2.24) is 0 Å². The van der Waals surface area contributed by atoms with Gasteiger partial charge in [-0.15, -0.1) is 0 Å². The SMILES string of the molecule is CC1(C)Cc2ccc(Cc3ccccc3)cc2NC1=O. The van der Waals surface area contributed by atoms with Crippen molar-refractivity contribution in [2.24, 2.45) is 5.41 Å². The molecule has 0 aromatic heterocycles. The summed E-state index contributed by atoms with van der Waals surface area (Å²) >= 11 is 0. The van der Waals surface area contributed by atoms with Crippen molar-refractivity contribution in [2.75, 3.05) is 5.32 Å². The molecule has 20 heavy (non-hydrogen) atoms. The third kappa shape index (κ3) is 2.46. The normalized spacial score (nSPS) is 16.4. The number of rotatable bonds is 2. The van der Waals surface area contributed by atoms with E-state index < -0.39 is 0 Å². The van der Waals surface area contributed by atoms with Crippen molar-refractivity contribution in [3.8, 4) is 0 Å². The van der Waals surface area contributed by atoms with Gasteiger partial charge in [0.2, 0.25) is 5.91 Å². The van der Waals surface area contributed by atoms with E-state index in [0.29, 0.717) is 0 Å². The van der Waals surface area contributed by atoms with E-state index in [0.717, 1.165) is 18.5 Å². The number of benzene rings is 2. The fourth-order valence-electron chi connectivity index (χ4n) is 2.68. The van der Waals surface area contributed by atoms with Gasteiger partial charge in [-0.05, 0) is 35.6 Å². The molecule has 1 N–H and O–H groups in total. The van der Waals surface area contributed by atoms with Crippen LogP contribution < -0.4 is 5.32 Å². The molecule has 0 saturated carbocycles. The topological polar surface area (TPSA) is 29.1 Å². The molecular formula is C18H19NO. The van der Waals surface area contributed by atoms with Gasteiger partial charge in [-0.2, -0.15) is 0 Å². The van der Waals surface area contributed by atoms with Gasteiger partial charge in [0, 0.05) is 11.1 Å². The number of fused-ring (bicyclic) bond motifs is 1. The van der Waals surface area contributed by atoms with Crippen LogP contribution in [0.2, 0.25) is 0 Å². The van der Waals surface area contributed by atoms with Gasteiger partial charge < -0.3 is 5.32 Å². The number of anilines is 1. The highest BCUT2D eigenvalue weighted by atomic mass is 16.2. The summed E-state index contributed by atoms with van der Waals surface area (Å²) in [5.41, 5.74) is 4.41. The van der Waals surface area contributed by atoms with Crippen molar-refractivity contribution in [3.63, 3.8) is 0 Å². The monoisotopic (exact) mass is 265 g/mol. The molecule has 0 spiro atoms. The molecule has 2 aromatic rings. The van der Waals surface area contributed by atoms with Crippen LogP contribution in [0.15, 0.2) is 48.5 Å². The maximum Gasteiger partial charge on any atom is 0.230 e. The second kappa shape index (κ2) is 4.78. The van der Waals surface area contributed by atoms with Crippen molar-refractivity contribution in [3.05, 3.63) is 65.2 Å². The molecule has 2 heteroatoms. The lowest BCUT2D eigenvalue weighted by Crippen LogP contribution is -2.37. The van der Waals surface area contributed by atoms with Crippen molar-refractivity contribution in [1.29, 1.82) is 0 Å². The zero-order valence-electron chi connectivity index (χ0n) is 11.9. The standard InChI is InChI=1S/C18H19NO/c1-18(2)12-15-9-8-14(11-16(15)19-17(18)20)10-13-6-4-3-5-7-13/h3-9,11H,10,12H2,1-2H3,(H,19,20). The van der Waals surface area contributed by atoms with Crippen molar-refractivity contribution in [2.45, 2.75) is 26.7 Å². The van der Waals surface area contributed by atoms with Gasteiger partial charge in [-0.3, -0.25) is 4.79 Å². The molecule has 0 saturated heterocycles. The fourth-order valence-corrected chi connectivity index (χ4v) is 2.68. The Hall–Kier alpha value is -2.09. The summed E-state index contributed by atoms with van der Waals surface area (Å²) in [5.74, 6) is 0.113. The summed E-state index contributed by atoms with van der Waals surface area (Å²) < 4.78 is 0. The van der Waals surface area contributed by atoms with E-state index >= 15 is 0 Å². The highest BCUT2D eigenvalue weighted by Gasteiger charge is 2.33. The summed E-state index contributed by atoms with van der Waals surface area (Å²) in [6.45, 7) is 3.98. The molecule has 1 aliphatic heterocycles. The van der Waals surface area contributed by atoms with Crippen LogP contribution in [0.5, 0.6) is 0 Å². The Labute approximate surface area is 119 Å². The summed E-state index contributed by atoms with van der Waals surface area (Å²) in [6, 6.07) is 16.8. The van der Waals surface area contributed by atoms with E-state index in [1.54, 1.807) is 0 Å². The molecule has 1 heterocycles. The first-order valence-corrected chi connectivity index (χ1v) is 7.02. The van der Waals surface area contributed by atoms with Crippen LogP contribution in [-0.4, -0.2) is 5.91 Å². The van der Waals surface area contributed by atoms with Crippen molar-refractivity contribution < 1.29 is 4.79 Å². The number of nitrogens with one attached hydrogen (secondary N) is 1. The van der Waals surface area contributed by atoms with Crippen LogP contribution in [0.25, 0.3) is 0 Å². The van der Waals surface area contributed by atoms with Gasteiger partial charge in [-0.1, -0.05) is 56.3 Å². The first-order valence-electron chi connectivity index (χ1n) is 7.02. The number of carbonyl (C=O) groups excluding carboxylic acids is 1. The summed E-state index contributed by atoms with van der Waals surface area (Å²) in [5, 5.41) is 3.04. The molecule has 0 fully saturated rings. The first-order chi connectivity index (χ1) is 9.54. The average molecular weight is 265 g/mol. The van der Waals surface area contributed by atoms with E-state index in [1.165, 1.54) is 16.7 Å². The van der Waals surface area contributed by atoms with Crippen molar-refractivity contribution >= 4 is 11.6 Å². The molecule has 2 aromatic carbocycles. The fraction of sp³-hybridized carbons (Fsp3) is 0.278. The van der Waals surface area contributed by atoms with Gasteiger partial charge in [0.1, 0.15) is 0 Å². The smallest absolute Gasteiger partial charge is 0.230 e. The molecule has 1 amide bonds. The minimum atomic E-state index is -0.312. The number of amides is 1. The van der Waals surface area contributed by atoms with Crippen LogP contribution in [0, 0.1) is 5.41 Å². The molecule has 2 nitrogen and oxygen atoms in total. The van der Waals surface area contributed by atoms with E-state index in [2.05, 4.69) is 47.8 Å². The van der Waals surface area contributed by atoms with E-state index in [4.69, 9.17) is 0 Å². The van der Waals surface area contributed by atoms with Gasteiger partial charge in [0.15, 0.2) is 0 Å². The molecule has 1 aliphatic rings. The lowest BCUT2D eigenvalue weighted by molar-refractivity contribution is -0.124. The van der Waals surface area contributed by atoms with Crippen LogP contribution in [-0.2, 0) is 17.6 Å². The maximum atomic E-state index is 12.0. The Morgan fingerprint density at radius 3 is 2.55 bits per heavy atom. The second-order valence-electron chi connectivity index (χ2n) is 6.17. The zero-order valence-corrected chi connectivity index (χ0v) is 11.9. The minimum Gasteiger partial charge on any atom is -0.325 e. The van der Waals surface area contributed by atoms with Crippen LogP contribution >= 0.6 is 0 Å². The summed E-state index contributed by atoms with van der Waals surface area (Å²) in [4.78, 5) is 12.0. The molecule has 0 atom stereocenters. The van der Waals surface area contributed by atoms with Crippen LogP contribution in [0.4, 0.5) is 5.69 Å². The minimum absolute atomic E-state index is 0.113. The maximum absolute atomic E-state index is 12.0. The van der Waals surface area contributed by atoms with E-state index in [9.17, 15) is 4.79 Å². The summed E-state index contributed by atoms with van der Waals surface area (Å²) in [7, 11) is 0. The van der Waals surface area contributed by atoms with Crippen LogP contribution in [0.1, 0.15) is 30.5 Å². The molecule has 0 bridgehead atoms. The number of hydrogen-bond donors (Lipinski definition) is 1. The molecule has 3 rings (SSSR count). The van der Waals surface area contributed by atoms with Gasteiger partial charge in [0.25, 0.3) is 0 Å². The highest BCUT2D eigenvalue weighted by molar-refractivity contribution is 5.98. The van der Waals surface area contributed by atoms with E-state index in [1.807, 2.05) is 19.9 Å². The molecule has 102 valence electrons. The van der Waals surface area contributed by atoms with Gasteiger partial charge >= 0.3 is 0 Å². The Balaban J connectivity index is 1.87. The Morgan fingerprint density at radius 2 is 1.80 bits per heavy atom. The zero-order chi connectivity index (χ0) is 14.2. The average Bonchev–Trinajstić information content (AvgIpc) is 2.41. The number of carbonyl (C=O) groups is 1. The van der Waals surface area contributed by atoms with E-state index in [-0.39, 0.29) is 11.3 Å². The Bertz CT molecular complexity index is 644. The molecular weight excluding hydrogens is 246 g/mol. The molecule has 0 unspecified atom stereocenters. The predicted molar refractivity (Wildman–Crippen MR) is 81.8 cm³/mol. The lowest BCUT2D eigenvalue weighted by atomic mass is 9.81. The predicted octanol–water partition coefficient (Wildman–Crippen LogP) is 3.80. The van der Waals surface area contributed by atoms with Gasteiger partial charge in [-0.25, -0.2) is 0 Å². The third-order valence-electron chi connectivity index (χ3n) is 3.92. The Morgan fingerprint density at radius 1 is 1.05 bits per heavy atom. The van der Waals surface area contributed by atoms with Gasteiger partial charge in [0.05, 0.1) is 0 Å². The Kier molecular flexibility index (Phi) is 3.09. The largest absolute Gasteiger partial charge is 0.325 e. The second-order valence-corrected chi connectivity index (χ2v) is 6.17.